The molecule has 5 rings (SSSR count). The normalized spacial score (nSPS) is 15.1. The summed E-state index contributed by atoms with van der Waals surface area (Å²) < 4.78 is 13.3. The van der Waals surface area contributed by atoms with Gasteiger partial charge in [-0.1, -0.05) is 37.6 Å². The fraction of sp³-hybridized carbons (Fsp3) is 0.233. The molecule has 0 saturated heterocycles. The quantitative estimate of drug-likeness (QED) is 0.246. The number of fused-ring (bicyclic) bond motifs is 1. The van der Waals surface area contributed by atoms with Crippen LogP contribution in [0.5, 0.6) is 17.2 Å². The molecule has 4 aromatic rings. The first kappa shape index (κ1) is 26.3. The van der Waals surface area contributed by atoms with Crippen molar-refractivity contribution < 1.29 is 24.2 Å². The molecule has 0 bridgehead atoms. The molecular formula is C30H28ClN3O5. The molecule has 39 heavy (non-hydrogen) atoms. The number of amides is 1. The van der Waals surface area contributed by atoms with E-state index in [1.807, 2.05) is 18.3 Å². The smallest absolute Gasteiger partial charge is 0.311 e. The van der Waals surface area contributed by atoms with Gasteiger partial charge in [-0.05, 0) is 66.8 Å². The second-order valence-corrected chi connectivity index (χ2v) is 9.89. The Balaban J connectivity index is 1.25. The van der Waals surface area contributed by atoms with Gasteiger partial charge in [0.1, 0.15) is 17.2 Å². The summed E-state index contributed by atoms with van der Waals surface area (Å²) in [6.45, 7) is 4.65. The molecule has 9 heteroatoms. The van der Waals surface area contributed by atoms with Gasteiger partial charge >= 0.3 is 5.97 Å². The van der Waals surface area contributed by atoms with Crippen molar-refractivity contribution in [3.8, 4) is 22.9 Å². The van der Waals surface area contributed by atoms with Crippen molar-refractivity contribution in [2.24, 2.45) is 0 Å². The summed E-state index contributed by atoms with van der Waals surface area (Å²) >= 11 is 6.38. The number of nitrogens with zero attached hydrogens (tertiary/aromatic N) is 2. The highest BCUT2D eigenvalue weighted by atomic mass is 35.5. The average Bonchev–Trinajstić information content (AvgIpc) is 3.41. The first-order valence-electron chi connectivity index (χ1n) is 12.8. The molecule has 1 aromatic heterocycles. The second kappa shape index (κ2) is 11.2. The van der Waals surface area contributed by atoms with Crippen molar-refractivity contribution in [2.45, 2.75) is 38.5 Å². The van der Waals surface area contributed by atoms with Crippen molar-refractivity contribution in [2.75, 3.05) is 11.9 Å². The number of aromatic nitrogens is 2. The summed E-state index contributed by atoms with van der Waals surface area (Å²) in [5, 5.41) is 17.1. The van der Waals surface area contributed by atoms with Gasteiger partial charge in [-0.15, -0.1) is 0 Å². The van der Waals surface area contributed by atoms with Crippen LogP contribution in [0.3, 0.4) is 0 Å². The summed E-state index contributed by atoms with van der Waals surface area (Å²) in [5.74, 6) is 0.240. The maximum atomic E-state index is 12.8. The third kappa shape index (κ3) is 5.76. The lowest BCUT2D eigenvalue weighted by Crippen LogP contribution is -2.20. The molecule has 2 heterocycles. The minimum Gasteiger partial charge on any atom is -0.493 e. The number of halogens is 1. The molecule has 1 amide bonds. The van der Waals surface area contributed by atoms with E-state index in [1.54, 1.807) is 47.1 Å². The molecule has 2 N–H and O–H groups in total. The molecule has 1 aliphatic heterocycles. The number of carbonyl (C=O) groups excluding carboxylic acids is 1. The van der Waals surface area contributed by atoms with Gasteiger partial charge in [0.15, 0.2) is 5.82 Å². The number of hydrogen-bond donors (Lipinski definition) is 2. The van der Waals surface area contributed by atoms with Crippen LogP contribution in [0.4, 0.5) is 5.82 Å². The minimum absolute atomic E-state index is 0.276. The van der Waals surface area contributed by atoms with Crippen LogP contribution in [0, 0.1) is 0 Å². The first-order valence-corrected chi connectivity index (χ1v) is 13.1. The monoisotopic (exact) mass is 545 g/mol. The molecule has 0 spiro atoms. The Bertz CT molecular complexity index is 1520. The standard InChI is InChI=1S/C30H28ClN3O5/c1-3-18(2)20-5-4-6-21(15-20)34-13-11-28(33-34)32-29(35)19-7-9-22(10-8-19)39-27-17-26-24(16-25(27)31)23(30(36)37)12-14-38-26/h4-11,13,15-18,23H,3,12,14H2,1-2H3,(H,36,37)(H,32,33,35). The van der Waals surface area contributed by atoms with Gasteiger partial charge in [0, 0.05) is 29.5 Å². The second-order valence-electron chi connectivity index (χ2n) is 9.48. The number of aliphatic carboxylic acids is 1. The predicted octanol–water partition coefficient (Wildman–Crippen LogP) is 7.03. The molecule has 2 atom stereocenters. The molecule has 0 fully saturated rings. The van der Waals surface area contributed by atoms with Gasteiger partial charge in [0.25, 0.3) is 5.91 Å². The van der Waals surface area contributed by atoms with Crippen molar-refractivity contribution in [1.29, 1.82) is 0 Å². The van der Waals surface area contributed by atoms with Gasteiger partial charge in [-0.2, -0.15) is 5.10 Å². The number of hydrogen-bond acceptors (Lipinski definition) is 5. The van der Waals surface area contributed by atoms with Crippen LogP contribution in [-0.2, 0) is 4.79 Å². The van der Waals surface area contributed by atoms with Gasteiger partial charge in [-0.3, -0.25) is 9.59 Å². The Morgan fingerprint density at radius 3 is 2.72 bits per heavy atom. The number of anilines is 1. The predicted molar refractivity (Wildman–Crippen MR) is 149 cm³/mol. The van der Waals surface area contributed by atoms with Gasteiger partial charge in [-0.25, -0.2) is 4.68 Å². The van der Waals surface area contributed by atoms with E-state index in [1.165, 1.54) is 5.56 Å². The Labute approximate surface area is 231 Å². The van der Waals surface area contributed by atoms with E-state index >= 15 is 0 Å². The van der Waals surface area contributed by atoms with Crippen molar-refractivity contribution in [3.63, 3.8) is 0 Å². The van der Waals surface area contributed by atoms with E-state index in [0.29, 0.717) is 53.1 Å². The lowest BCUT2D eigenvalue weighted by atomic mass is 9.93. The maximum Gasteiger partial charge on any atom is 0.311 e. The van der Waals surface area contributed by atoms with Gasteiger partial charge in [0.05, 0.1) is 23.2 Å². The van der Waals surface area contributed by atoms with E-state index in [0.717, 1.165) is 12.1 Å². The van der Waals surface area contributed by atoms with Gasteiger partial charge in [0.2, 0.25) is 0 Å². The molecule has 200 valence electrons. The highest BCUT2D eigenvalue weighted by molar-refractivity contribution is 6.32. The third-order valence-electron chi connectivity index (χ3n) is 6.89. The molecule has 0 saturated carbocycles. The minimum atomic E-state index is -0.916. The van der Waals surface area contributed by atoms with Crippen LogP contribution in [-0.4, -0.2) is 33.4 Å². The largest absolute Gasteiger partial charge is 0.493 e. The fourth-order valence-corrected chi connectivity index (χ4v) is 4.67. The zero-order chi connectivity index (χ0) is 27.5. The van der Waals surface area contributed by atoms with Crippen molar-refractivity contribution in [1.82, 2.24) is 9.78 Å². The topological polar surface area (TPSA) is 103 Å². The number of ether oxygens (including phenoxy) is 2. The highest BCUT2D eigenvalue weighted by Crippen LogP contribution is 2.41. The summed E-state index contributed by atoms with van der Waals surface area (Å²) in [7, 11) is 0. The zero-order valence-electron chi connectivity index (χ0n) is 21.6. The Morgan fingerprint density at radius 1 is 1.18 bits per heavy atom. The summed E-state index contributed by atoms with van der Waals surface area (Å²) in [6.07, 6.45) is 3.25. The lowest BCUT2D eigenvalue weighted by Gasteiger charge is -2.24. The number of carboxylic acids is 1. The number of rotatable bonds is 8. The summed E-state index contributed by atoms with van der Waals surface area (Å²) in [4.78, 5) is 24.4. The Kier molecular flexibility index (Phi) is 7.56. The molecular weight excluding hydrogens is 518 g/mol. The van der Waals surface area contributed by atoms with Crippen LogP contribution < -0.4 is 14.8 Å². The third-order valence-corrected chi connectivity index (χ3v) is 7.19. The molecule has 0 radical (unpaired) electrons. The van der Waals surface area contributed by atoms with Crippen molar-refractivity contribution >= 4 is 29.3 Å². The lowest BCUT2D eigenvalue weighted by molar-refractivity contribution is -0.139. The summed E-state index contributed by atoms with van der Waals surface area (Å²) in [5.41, 5.74) is 3.13. The van der Waals surface area contributed by atoms with E-state index < -0.39 is 11.9 Å². The maximum absolute atomic E-state index is 12.8. The van der Waals surface area contributed by atoms with Crippen LogP contribution in [0.15, 0.2) is 72.9 Å². The summed E-state index contributed by atoms with van der Waals surface area (Å²) in [6, 6.07) is 19.7. The van der Waals surface area contributed by atoms with Crippen LogP contribution in [0.2, 0.25) is 5.02 Å². The molecule has 8 nitrogen and oxygen atoms in total. The van der Waals surface area contributed by atoms with E-state index in [9.17, 15) is 14.7 Å². The number of nitrogens with one attached hydrogen (secondary N) is 1. The van der Waals surface area contributed by atoms with Crippen LogP contribution >= 0.6 is 11.6 Å². The van der Waals surface area contributed by atoms with Crippen LogP contribution in [0.1, 0.15) is 60.0 Å². The first-order chi connectivity index (χ1) is 18.8. The molecule has 3 aromatic carbocycles. The van der Waals surface area contributed by atoms with E-state index in [-0.39, 0.29) is 10.9 Å². The number of carboxylic acid groups (broad SMARTS) is 1. The van der Waals surface area contributed by atoms with E-state index in [4.69, 9.17) is 21.1 Å². The average molecular weight is 546 g/mol. The number of carbonyl (C=O) groups is 2. The zero-order valence-corrected chi connectivity index (χ0v) is 22.3. The fourth-order valence-electron chi connectivity index (χ4n) is 4.46. The SMILES string of the molecule is CCC(C)c1cccc(-n2ccc(NC(=O)c3ccc(Oc4cc5c(cc4Cl)C(C(=O)O)CCO5)cc3)n2)c1. The van der Waals surface area contributed by atoms with Crippen LogP contribution in [0.25, 0.3) is 5.69 Å². The van der Waals surface area contributed by atoms with Crippen molar-refractivity contribution in [3.05, 3.63) is 94.6 Å². The number of benzene rings is 3. The molecule has 2 unspecified atom stereocenters. The molecule has 1 aliphatic rings. The highest BCUT2D eigenvalue weighted by Gasteiger charge is 2.29. The van der Waals surface area contributed by atoms with Gasteiger partial charge < -0.3 is 19.9 Å². The van der Waals surface area contributed by atoms with E-state index in [2.05, 4.69) is 36.4 Å². The molecule has 0 aliphatic carbocycles. The Hall–Kier alpha value is -4.30. The Morgan fingerprint density at radius 2 is 1.97 bits per heavy atom.